The van der Waals surface area contributed by atoms with Gasteiger partial charge in [0.05, 0.1) is 0 Å². The van der Waals surface area contributed by atoms with Crippen molar-refractivity contribution in [3.05, 3.63) is 24.4 Å². The van der Waals surface area contributed by atoms with Gasteiger partial charge in [0.2, 0.25) is 0 Å². The molecule has 3 nitrogen and oxygen atoms in total. The van der Waals surface area contributed by atoms with Crippen LogP contribution in [0.1, 0.15) is 19.8 Å². The number of hydrogen-bond acceptors (Lipinski definition) is 2. The van der Waals surface area contributed by atoms with E-state index in [-0.39, 0.29) is 5.91 Å². The number of nitrogens with zero attached hydrogens (tertiary/aromatic N) is 1. The van der Waals surface area contributed by atoms with Crippen LogP contribution in [0.15, 0.2) is 24.4 Å². The normalized spacial score (nSPS) is 18.9. The largest absolute Gasteiger partial charge is 0.328 e. The second-order valence-electron chi connectivity index (χ2n) is 3.04. The lowest BCUT2D eigenvalue weighted by Crippen LogP contribution is -2.30. The molecule has 0 aromatic rings. The molecule has 1 aliphatic rings. The van der Waals surface area contributed by atoms with Crippen molar-refractivity contribution < 1.29 is 4.79 Å². The lowest BCUT2D eigenvalue weighted by Gasteiger charge is -2.09. The number of allylic oxidation sites excluding steroid dienone is 1. The molecule has 1 rings (SSSR count). The summed E-state index contributed by atoms with van der Waals surface area (Å²) in [6, 6.07) is 0. The molecule has 1 aliphatic heterocycles. The summed E-state index contributed by atoms with van der Waals surface area (Å²) in [4.78, 5) is 13.2. The van der Waals surface area contributed by atoms with E-state index in [1.165, 1.54) is 4.90 Å². The van der Waals surface area contributed by atoms with E-state index in [1.807, 2.05) is 6.08 Å². The molecule has 0 atom stereocenters. The third-order valence-corrected chi connectivity index (χ3v) is 2.23. The van der Waals surface area contributed by atoms with E-state index in [0.29, 0.717) is 17.4 Å². The molecule has 0 unspecified atom stereocenters. The maximum Gasteiger partial charge on any atom is 0.276 e. The van der Waals surface area contributed by atoms with Gasteiger partial charge in [-0.05, 0) is 18.6 Å². The topological polar surface area (TPSA) is 32.3 Å². The van der Waals surface area contributed by atoms with Crippen LogP contribution in [0.3, 0.4) is 0 Å². The van der Waals surface area contributed by atoms with Gasteiger partial charge in [-0.15, -0.1) is 6.58 Å². The Balaban J connectivity index is 2.73. The van der Waals surface area contributed by atoms with Crippen LogP contribution in [0.25, 0.3) is 0 Å². The summed E-state index contributed by atoms with van der Waals surface area (Å²) in [6.45, 7) is 6.11. The van der Waals surface area contributed by atoms with Crippen molar-refractivity contribution in [3.63, 3.8) is 0 Å². The molecule has 0 saturated carbocycles. The molecule has 4 heteroatoms. The maximum absolute atomic E-state index is 11.7. The van der Waals surface area contributed by atoms with Gasteiger partial charge in [0.15, 0.2) is 5.11 Å². The molecule has 0 radical (unpaired) electrons. The van der Waals surface area contributed by atoms with Crippen LogP contribution in [-0.4, -0.2) is 22.5 Å². The van der Waals surface area contributed by atoms with Crippen molar-refractivity contribution in [2.24, 2.45) is 0 Å². The van der Waals surface area contributed by atoms with Crippen LogP contribution >= 0.6 is 12.2 Å². The third kappa shape index (κ3) is 2.20. The number of unbranched alkanes of at least 4 members (excludes halogenated alkanes) is 1. The predicted octanol–water partition coefficient (Wildman–Crippen LogP) is 1.57. The first-order valence-corrected chi connectivity index (χ1v) is 5.05. The second kappa shape index (κ2) is 4.91. The Kier molecular flexibility index (Phi) is 3.83. The second-order valence-corrected chi connectivity index (χ2v) is 3.43. The molecule has 1 heterocycles. The highest BCUT2D eigenvalue weighted by atomic mass is 32.1. The summed E-state index contributed by atoms with van der Waals surface area (Å²) < 4.78 is 0. The van der Waals surface area contributed by atoms with Crippen molar-refractivity contribution in [2.75, 3.05) is 6.54 Å². The minimum Gasteiger partial charge on any atom is -0.328 e. The molecule has 1 saturated heterocycles. The van der Waals surface area contributed by atoms with Crippen molar-refractivity contribution in [3.8, 4) is 0 Å². The Bertz CT molecular complexity index is 296. The zero-order valence-electron chi connectivity index (χ0n) is 8.25. The van der Waals surface area contributed by atoms with Gasteiger partial charge < -0.3 is 5.32 Å². The van der Waals surface area contributed by atoms with E-state index in [4.69, 9.17) is 12.2 Å². The zero-order valence-corrected chi connectivity index (χ0v) is 9.06. The van der Waals surface area contributed by atoms with Crippen molar-refractivity contribution in [1.82, 2.24) is 10.2 Å². The van der Waals surface area contributed by atoms with Gasteiger partial charge in [-0.25, -0.2) is 0 Å². The number of nitrogens with one attached hydrogen (secondary N) is 1. The summed E-state index contributed by atoms with van der Waals surface area (Å²) in [5, 5.41) is 3.36. The van der Waals surface area contributed by atoms with Crippen LogP contribution in [-0.2, 0) is 4.79 Å². The number of hydrogen-bond donors (Lipinski definition) is 1. The highest BCUT2D eigenvalue weighted by molar-refractivity contribution is 7.80. The van der Waals surface area contributed by atoms with Crippen LogP contribution in [0, 0.1) is 0 Å². The summed E-state index contributed by atoms with van der Waals surface area (Å²) in [5.41, 5.74) is 0.596. The first kappa shape index (κ1) is 10.9. The molecule has 1 N–H and O–H groups in total. The SMILES string of the molecule is C=CCN1C(=O)/C(=C/CCC)NC1=S. The standard InChI is InChI=1S/C10H14N2OS/c1-3-5-6-8-9(13)12(7-4-2)10(14)11-8/h4,6H,2-3,5,7H2,1H3,(H,11,14)/b8-6-. The number of carbonyl (C=O) groups is 1. The maximum atomic E-state index is 11.7. The van der Waals surface area contributed by atoms with E-state index in [2.05, 4.69) is 18.8 Å². The molecule has 76 valence electrons. The Morgan fingerprint density at radius 3 is 2.93 bits per heavy atom. The van der Waals surface area contributed by atoms with Gasteiger partial charge in [0.1, 0.15) is 5.70 Å². The van der Waals surface area contributed by atoms with E-state index in [1.54, 1.807) is 6.08 Å². The summed E-state index contributed by atoms with van der Waals surface area (Å²) in [5.74, 6) is -0.0525. The molecule has 1 amide bonds. The fourth-order valence-electron chi connectivity index (χ4n) is 1.20. The first-order chi connectivity index (χ1) is 6.70. The molecule has 0 aromatic heterocycles. The quantitative estimate of drug-likeness (QED) is 0.434. The number of thiocarbonyl (C=S) groups is 1. The minimum absolute atomic E-state index is 0.0525. The summed E-state index contributed by atoms with van der Waals surface area (Å²) in [6.07, 6.45) is 5.46. The fourth-order valence-corrected chi connectivity index (χ4v) is 1.46. The highest BCUT2D eigenvalue weighted by Gasteiger charge is 2.28. The van der Waals surface area contributed by atoms with Crippen molar-refractivity contribution in [1.29, 1.82) is 0 Å². The third-order valence-electron chi connectivity index (χ3n) is 1.91. The predicted molar refractivity (Wildman–Crippen MR) is 60.6 cm³/mol. The van der Waals surface area contributed by atoms with Gasteiger partial charge >= 0.3 is 0 Å². The molecule has 14 heavy (non-hydrogen) atoms. The summed E-state index contributed by atoms with van der Waals surface area (Å²) in [7, 11) is 0. The molecule has 0 aromatic carbocycles. The van der Waals surface area contributed by atoms with E-state index in [9.17, 15) is 4.79 Å². The zero-order chi connectivity index (χ0) is 10.6. The van der Waals surface area contributed by atoms with Crippen LogP contribution in [0.5, 0.6) is 0 Å². The van der Waals surface area contributed by atoms with Gasteiger partial charge in [-0.3, -0.25) is 9.69 Å². The monoisotopic (exact) mass is 210 g/mol. The highest BCUT2D eigenvalue weighted by Crippen LogP contribution is 2.10. The lowest BCUT2D eigenvalue weighted by atomic mass is 10.3. The molecular formula is C10H14N2OS. The van der Waals surface area contributed by atoms with Gasteiger partial charge in [0, 0.05) is 6.54 Å². The Hall–Kier alpha value is -1.16. The Morgan fingerprint density at radius 1 is 1.64 bits per heavy atom. The van der Waals surface area contributed by atoms with Crippen LogP contribution in [0.2, 0.25) is 0 Å². The molecule has 0 bridgehead atoms. The van der Waals surface area contributed by atoms with Crippen molar-refractivity contribution >= 4 is 23.2 Å². The van der Waals surface area contributed by atoms with Gasteiger partial charge in [0.25, 0.3) is 5.91 Å². The number of rotatable bonds is 4. The first-order valence-electron chi connectivity index (χ1n) is 4.64. The molecule has 0 spiro atoms. The van der Waals surface area contributed by atoms with Crippen LogP contribution < -0.4 is 5.32 Å². The number of amides is 1. The minimum atomic E-state index is -0.0525. The average Bonchev–Trinajstić information content (AvgIpc) is 2.43. The molecule has 0 aliphatic carbocycles. The lowest BCUT2D eigenvalue weighted by molar-refractivity contribution is -0.122. The number of carbonyl (C=O) groups excluding carboxylic acids is 1. The smallest absolute Gasteiger partial charge is 0.276 e. The molecular weight excluding hydrogens is 196 g/mol. The van der Waals surface area contributed by atoms with Crippen molar-refractivity contribution in [2.45, 2.75) is 19.8 Å². The van der Waals surface area contributed by atoms with Gasteiger partial charge in [-0.2, -0.15) is 0 Å². The van der Waals surface area contributed by atoms with Gasteiger partial charge in [-0.1, -0.05) is 25.5 Å². The van der Waals surface area contributed by atoms with Crippen LogP contribution in [0.4, 0.5) is 0 Å². The fraction of sp³-hybridized carbons (Fsp3) is 0.400. The van der Waals surface area contributed by atoms with E-state index in [0.717, 1.165) is 12.8 Å². The Morgan fingerprint density at radius 2 is 2.36 bits per heavy atom. The average molecular weight is 210 g/mol. The molecule has 1 fully saturated rings. The van der Waals surface area contributed by atoms with E-state index < -0.39 is 0 Å². The summed E-state index contributed by atoms with van der Waals surface area (Å²) >= 11 is 5.02. The Labute approximate surface area is 89.5 Å². The van der Waals surface area contributed by atoms with E-state index >= 15 is 0 Å².